The number of hydrogen-bond acceptors (Lipinski definition) is 5. The number of amides is 1. The maximum absolute atomic E-state index is 13.5. The fourth-order valence-corrected chi connectivity index (χ4v) is 5.28. The Balaban J connectivity index is 1.30. The molecule has 3 fully saturated rings. The second-order valence-corrected chi connectivity index (χ2v) is 8.75. The second kappa shape index (κ2) is 7.31. The predicted octanol–water partition coefficient (Wildman–Crippen LogP) is 2.02. The van der Waals surface area contributed by atoms with Crippen molar-refractivity contribution in [3.8, 4) is 0 Å². The molecule has 1 saturated carbocycles. The van der Waals surface area contributed by atoms with Gasteiger partial charge in [0.1, 0.15) is 0 Å². The molecule has 0 radical (unpaired) electrons. The maximum atomic E-state index is 13.5. The van der Waals surface area contributed by atoms with Crippen LogP contribution in [-0.4, -0.2) is 50.6 Å². The minimum atomic E-state index is -0.296. The summed E-state index contributed by atoms with van der Waals surface area (Å²) in [5.41, 5.74) is 2.09. The van der Waals surface area contributed by atoms with Crippen molar-refractivity contribution in [1.29, 1.82) is 0 Å². The van der Waals surface area contributed by atoms with E-state index >= 15 is 0 Å². The fraction of sp³-hybridized carbons (Fsp3) is 0.619. The number of piperidine rings is 1. The molecule has 8 nitrogen and oxygen atoms in total. The van der Waals surface area contributed by atoms with Crippen LogP contribution in [0, 0.1) is 24.7 Å². The van der Waals surface area contributed by atoms with E-state index in [1.807, 2.05) is 17.3 Å². The largest absolute Gasteiger partial charge is 0.371 e. The van der Waals surface area contributed by atoms with Gasteiger partial charge in [0.2, 0.25) is 5.91 Å². The number of aromatic amines is 2. The Morgan fingerprint density at radius 3 is 2.59 bits per heavy atom. The number of H-pyrrole nitrogens is 2. The van der Waals surface area contributed by atoms with Crippen LogP contribution in [0.1, 0.15) is 49.5 Å². The Kier molecular flexibility index (Phi) is 4.64. The van der Waals surface area contributed by atoms with Gasteiger partial charge >= 0.3 is 5.69 Å². The smallest absolute Gasteiger partial charge is 0.340 e. The van der Waals surface area contributed by atoms with Crippen LogP contribution in [0.5, 0.6) is 0 Å². The summed E-state index contributed by atoms with van der Waals surface area (Å²) in [6.07, 6.45) is 8.89. The minimum Gasteiger partial charge on any atom is -0.371 e. The Hall–Kier alpha value is -2.64. The highest BCUT2D eigenvalue weighted by Gasteiger charge is 2.48. The lowest BCUT2D eigenvalue weighted by Gasteiger charge is -2.36. The van der Waals surface area contributed by atoms with Crippen LogP contribution in [0.3, 0.4) is 0 Å². The molecule has 2 saturated heterocycles. The van der Waals surface area contributed by atoms with Gasteiger partial charge in [-0.15, -0.1) is 0 Å². The lowest BCUT2D eigenvalue weighted by atomic mass is 9.92. The van der Waals surface area contributed by atoms with Crippen LogP contribution < -0.4 is 10.6 Å². The zero-order valence-corrected chi connectivity index (χ0v) is 16.8. The molecule has 2 N–H and O–H groups in total. The molecule has 2 aliphatic heterocycles. The molecule has 2 aromatic heterocycles. The first-order chi connectivity index (χ1) is 14.1. The first-order valence-electron chi connectivity index (χ1n) is 10.7. The second-order valence-electron chi connectivity index (χ2n) is 8.75. The molecule has 8 heteroatoms. The third-order valence-corrected chi connectivity index (χ3v) is 6.93. The SMILES string of the molecule is Cc1cnccc1N1CCC(C(=O)N2CCC(C3CC3)C2c2n[nH]c(=O)[nH]2)CC1. The van der Waals surface area contributed by atoms with Crippen molar-refractivity contribution < 1.29 is 4.79 Å². The summed E-state index contributed by atoms with van der Waals surface area (Å²) in [4.78, 5) is 36.5. The molecule has 2 unspecified atom stereocenters. The Labute approximate surface area is 169 Å². The van der Waals surface area contributed by atoms with Crippen LogP contribution in [-0.2, 0) is 4.79 Å². The van der Waals surface area contributed by atoms with E-state index in [1.165, 1.54) is 24.1 Å². The topological polar surface area (TPSA) is 98.0 Å². The minimum absolute atomic E-state index is 0.0412. The van der Waals surface area contributed by atoms with Gasteiger partial charge in [0.15, 0.2) is 5.82 Å². The zero-order chi connectivity index (χ0) is 20.0. The van der Waals surface area contributed by atoms with Gasteiger partial charge in [-0.1, -0.05) is 0 Å². The van der Waals surface area contributed by atoms with Crippen LogP contribution in [0.2, 0.25) is 0 Å². The summed E-state index contributed by atoms with van der Waals surface area (Å²) in [7, 11) is 0. The molecule has 1 amide bonds. The number of pyridine rings is 1. The van der Waals surface area contributed by atoms with E-state index in [1.54, 1.807) is 0 Å². The fourth-order valence-electron chi connectivity index (χ4n) is 5.28. The number of aryl methyl sites for hydroxylation is 1. The van der Waals surface area contributed by atoms with Gasteiger partial charge < -0.3 is 9.80 Å². The lowest BCUT2D eigenvalue weighted by Crippen LogP contribution is -2.43. The van der Waals surface area contributed by atoms with Crippen molar-refractivity contribution in [3.63, 3.8) is 0 Å². The van der Waals surface area contributed by atoms with Crippen LogP contribution in [0.15, 0.2) is 23.3 Å². The van der Waals surface area contributed by atoms with Crippen molar-refractivity contribution in [3.05, 3.63) is 40.3 Å². The van der Waals surface area contributed by atoms with E-state index in [-0.39, 0.29) is 23.6 Å². The summed E-state index contributed by atoms with van der Waals surface area (Å²) in [5.74, 6) is 1.97. The number of anilines is 1. The van der Waals surface area contributed by atoms with Gasteiger partial charge in [-0.05, 0) is 62.5 Å². The standard InChI is InChI=1S/C21H28N6O2/c1-13-12-22-8-4-17(13)26-9-5-15(6-10-26)20(28)27-11-7-16(14-2-3-14)18(27)19-23-21(29)25-24-19/h4,8,12,14-16,18H,2-3,5-7,9-11H2,1H3,(H2,23,24,25,29). The molecule has 4 heterocycles. The summed E-state index contributed by atoms with van der Waals surface area (Å²) >= 11 is 0. The summed E-state index contributed by atoms with van der Waals surface area (Å²) in [6, 6.07) is 1.97. The van der Waals surface area contributed by atoms with E-state index in [9.17, 15) is 9.59 Å². The molecular formula is C21H28N6O2. The highest BCUT2D eigenvalue weighted by molar-refractivity contribution is 5.80. The third-order valence-electron chi connectivity index (χ3n) is 6.93. The third kappa shape index (κ3) is 3.45. The first-order valence-corrected chi connectivity index (χ1v) is 10.7. The van der Waals surface area contributed by atoms with Gasteiger partial charge in [0, 0.05) is 43.6 Å². The molecule has 0 aromatic carbocycles. The molecule has 0 spiro atoms. The number of aromatic nitrogens is 4. The average molecular weight is 396 g/mol. The van der Waals surface area contributed by atoms with Crippen molar-refractivity contribution in [2.75, 3.05) is 24.5 Å². The quantitative estimate of drug-likeness (QED) is 0.824. The van der Waals surface area contributed by atoms with E-state index in [2.05, 4.69) is 38.1 Å². The van der Waals surface area contributed by atoms with Crippen molar-refractivity contribution in [1.82, 2.24) is 25.1 Å². The molecule has 29 heavy (non-hydrogen) atoms. The summed E-state index contributed by atoms with van der Waals surface area (Å²) in [6.45, 7) is 4.61. The molecule has 0 bridgehead atoms. The van der Waals surface area contributed by atoms with Gasteiger partial charge in [-0.2, -0.15) is 5.10 Å². The Bertz CT molecular complexity index is 940. The number of nitrogens with zero attached hydrogens (tertiary/aromatic N) is 4. The number of rotatable bonds is 4. The van der Waals surface area contributed by atoms with Gasteiger partial charge in [0.05, 0.1) is 6.04 Å². The van der Waals surface area contributed by atoms with Gasteiger partial charge in [-0.25, -0.2) is 9.89 Å². The Morgan fingerprint density at radius 2 is 1.93 bits per heavy atom. The highest BCUT2D eigenvalue weighted by Crippen LogP contribution is 2.50. The summed E-state index contributed by atoms with van der Waals surface area (Å²) < 4.78 is 0. The van der Waals surface area contributed by atoms with E-state index in [4.69, 9.17) is 0 Å². The summed E-state index contributed by atoms with van der Waals surface area (Å²) in [5, 5.41) is 6.68. The lowest BCUT2D eigenvalue weighted by molar-refractivity contribution is -0.137. The van der Waals surface area contributed by atoms with Crippen molar-refractivity contribution in [2.24, 2.45) is 17.8 Å². The van der Waals surface area contributed by atoms with Crippen LogP contribution >= 0.6 is 0 Å². The molecule has 2 atom stereocenters. The molecule has 1 aliphatic carbocycles. The molecule has 5 rings (SSSR count). The van der Waals surface area contributed by atoms with Gasteiger partial charge in [-0.3, -0.25) is 14.8 Å². The number of nitrogens with one attached hydrogen (secondary N) is 2. The molecule has 154 valence electrons. The zero-order valence-electron chi connectivity index (χ0n) is 16.8. The van der Waals surface area contributed by atoms with Crippen LogP contribution in [0.4, 0.5) is 5.69 Å². The van der Waals surface area contributed by atoms with Crippen molar-refractivity contribution >= 4 is 11.6 Å². The van der Waals surface area contributed by atoms with E-state index in [0.29, 0.717) is 17.7 Å². The normalized spacial score (nSPS) is 25.6. The maximum Gasteiger partial charge on any atom is 0.340 e. The van der Waals surface area contributed by atoms with Crippen LogP contribution in [0.25, 0.3) is 0 Å². The van der Waals surface area contributed by atoms with E-state index in [0.717, 1.165) is 38.9 Å². The highest BCUT2D eigenvalue weighted by atomic mass is 16.2. The van der Waals surface area contributed by atoms with E-state index < -0.39 is 0 Å². The van der Waals surface area contributed by atoms with Crippen molar-refractivity contribution in [2.45, 2.75) is 45.1 Å². The van der Waals surface area contributed by atoms with Gasteiger partial charge in [0.25, 0.3) is 0 Å². The first kappa shape index (κ1) is 18.4. The monoisotopic (exact) mass is 396 g/mol. The average Bonchev–Trinajstić information content (AvgIpc) is 3.34. The Morgan fingerprint density at radius 1 is 1.14 bits per heavy atom. The predicted molar refractivity (Wildman–Crippen MR) is 108 cm³/mol. The number of carbonyl (C=O) groups excluding carboxylic acids is 1. The molecule has 2 aromatic rings. The number of hydrogen-bond donors (Lipinski definition) is 2. The molecular weight excluding hydrogens is 368 g/mol. The molecule has 3 aliphatic rings. The number of carbonyl (C=O) groups is 1. The number of likely N-dealkylation sites (tertiary alicyclic amines) is 1.